The topological polar surface area (TPSA) is 88.6 Å². The highest BCUT2D eigenvalue weighted by molar-refractivity contribution is 5.67. The number of carbonyl (C=O) groups excluding carboxylic acids is 1. The zero-order valence-corrected chi connectivity index (χ0v) is 15.6. The van der Waals surface area contributed by atoms with Crippen LogP contribution in [0.15, 0.2) is 36.5 Å². The first-order chi connectivity index (χ1) is 13.2. The van der Waals surface area contributed by atoms with E-state index in [1.807, 2.05) is 31.2 Å². The van der Waals surface area contributed by atoms with Crippen LogP contribution >= 0.6 is 0 Å². The van der Waals surface area contributed by atoms with Crippen LogP contribution in [-0.4, -0.2) is 53.8 Å². The monoisotopic (exact) mass is 371 g/mol. The molecule has 1 fully saturated rings. The lowest BCUT2D eigenvalue weighted by molar-refractivity contribution is 0.0983. The fourth-order valence-corrected chi connectivity index (χ4v) is 2.99. The molecule has 0 aliphatic carbocycles. The van der Waals surface area contributed by atoms with E-state index in [9.17, 15) is 4.79 Å². The Kier molecular flexibility index (Phi) is 6.30. The van der Waals surface area contributed by atoms with Gasteiger partial charge in [-0.25, -0.2) is 9.78 Å². The van der Waals surface area contributed by atoms with Crippen LogP contribution in [-0.2, 0) is 4.74 Å². The molecule has 0 unspecified atom stereocenters. The standard InChI is InChI=1S/C19H25N5O3/c1-3-27-19(25)24-12-9-14(10-13-24)21-18-20-11-8-17(23-18)22-15-6-4-5-7-16(15)26-2/h4-8,11,14H,3,9-10,12-13H2,1-2H3,(H2,20,21,22,23). The molecule has 27 heavy (non-hydrogen) atoms. The number of methoxy groups -OCH3 is 1. The van der Waals surface area contributed by atoms with E-state index in [4.69, 9.17) is 9.47 Å². The van der Waals surface area contributed by atoms with Crippen molar-refractivity contribution in [3.63, 3.8) is 0 Å². The van der Waals surface area contributed by atoms with Crippen LogP contribution in [0.1, 0.15) is 19.8 Å². The van der Waals surface area contributed by atoms with Crippen LogP contribution in [0.4, 0.5) is 22.2 Å². The van der Waals surface area contributed by atoms with Gasteiger partial charge in [0.25, 0.3) is 0 Å². The molecular weight excluding hydrogens is 346 g/mol. The summed E-state index contributed by atoms with van der Waals surface area (Å²) in [5.74, 6) is 1.99. The summed E-state index contributed by atoms with van der Waals surface area (Å²) >= 11 is 0. The lowest BCUT2D eigenvalue weighted by Gasteiger charge is -2.31. The van der Waals surface area contributed by atoms with Crippen molar-refractivity contribution in [1.29, 1.82) is 0 Å². The molecule has 0 bridgehead atoms. The molecule has 1 aliphatic heterocycles. The highest BCUT2D eigenvalue weighted by Gasteiger charge is 2.23. The Hall–Kier alpha value is -3.03. The second-order valence-corrected chi connectivity index (χ2v) is 6.20. The van der Waals surface area contributed by atoms with E-state index < -0.39 is 0 Å². The summed E-state index contributed by atoms with van der Waals surface area (Å²) in [6.07, 6.45) is 3.12. The number of likely N-dealkylation sites (tertiary alicyclic amines) is 1. The van der Waals surface area contributed by atoms with Crippen molar-refractivity contribution in [2.75, 3.05) is 37.4 Å². The van der Waals surface area contributed by atoms with Crippen molar-refractivity contribution in [3.8, 4) is 5.75 Å². The Labute approximate surface area is 158 Å². The van der Waals surface area contributed by atoms with Gasteiger partial charge >= 0.3 is 6.09 Å². The van der Waals surface area contributed by atoms with E-state index >= 15 is 0 Å². The van der Waals surface area contributed by atoms with Gasteiger partial charge in [-0.1, -0.05) is 12.1 Å². The maximum atomic E-state index is 11.8. The summed E-state index contributed by atoms with van der Waals surface area (Å²) in [4.78, 5) is 22.3. The second-order valence-electron chi connectivity index (χ2n) is 6.20. The smallest absolute Gasteiger partial charge is 0.409 e. The predicted molar refractivity (Wildman–Crippen MR) is 104 cm³/mol. The average molecular weight is 371 g/mol. The molecule has 8 nitrogen and oxygen atoms in total. The molecule has 1 aromatic heterocycles. The minimum absolute atomic E-state index is 0.220. The van der Waals surface area contributed by atoms with Crippen LogP contribution < -0.4 is 15.4 Å². The number of hydrogen-bond acceptors (Lipinski definition) is 7. The normalized spacial score (nSPS) is 14.5. The van der Waals surface area contributed by atoms with Gasteiger partial charge in [0, 0.05) is 25.3 Å². The number of nitrogens with zero attached hydrogens (tertiary/aromatic N) is 3. The molecule has 1 aromatic carbocycles. The van der Waals surface area contributed by atoms with Crippen molar-refractivity contribution in [2.45, 2.75) is 25.8 Å². The third-order valence-corrected chi connectivity index (χ3v) is 4.38. The number of anilines is 3. The summed E-state index contributed by atoms with van der Waals surface area (Å²) in [6.45, 7) is 3.54. The molecule has 1 aliphatic rings. The number of amides is 1. The fourth-order valence-electron chi connectivity index (χ4n) is 2.99. The van der Waals surface area contributed by atoms with Crippen LogP contribution in [0.2, 0.25) is 0 Å². The lowest BCUT2D eigenvalue weighted by Crippen LogP contribution is -2.42. The number of piperidine rings is 1. The Morgan fingerprint density at radius 1 is 1.26 bits per heavy atom. The van der Waals surface area contributed by atoms with Crippen molar-refractivity contribution >= 4 is 23.5 Å². The maximum absolute atomic E-state index is 11.8. The number of para-hydroxylation sites is 2. The Morgan fingerprint density at radius 2 is 2.04 bits per heavy atom. The first-order valence-corrected chi connectivity index (χ1v) is 9.11. The quantitative estimate of drug-likeness (QED) is 0.806. The van der Waals surface area contributed by atoms with Gasteiger partial charge in [-0.2, -0.15) is 4.98 Å². The molecular formula is C19H25N5O3. The summed E-state index contributed by atoms with van der Waals surface area (Å²) in [6, 6.07) is 9.69. The third kappa shape index (κ3) is 4.99. The highest BCUT2D eigenvalue weighted by atomic mass is 16.6. The number of nitrogens with one attached hydrogen (secondary N) is 2. The summed E-state index contributed by atoms with van der Waals surface area (Å²) < 4.78 is 10.4. The minimum atomic E-state index is -0.241. The molecule has 0 saturated carbocycles. The van der Waals surface area contributed by atoms with Gasteiger partial charge < -0.3 is 25.0 Å². The Bertz CT molecular complexity index is 763. The zero-order chi connectivity index (χ0) is 19.1. The lowest BCUT2D eigenvalue weighted by atomic mass is 10.1. The molecule has 2 heterocycles. The maximum Gasteiger partial charge on any atom is 0.409 e. The van der Waals surface area contributed by atoms with E-state index in [1.54, 1.807) is 24.3 Å². The second kappa shape index (κ2) is 9.07. The zero-order valence-electron chi connectivity index (χ0n) is 15.6. The van der Waals surface area contributed by atoms with Crippen LogP contribution in [0.3, 0.4) is 0 Å². The molecule has 144 valence electrons. The average Bonchev–Trinajstić information content (AvgIpc) is 2.69. The number of carbonyl (C=O) groups is 1. The van der Waals surface area contributed by atoms with Crippen molar-refractivity contribution in [1.82, 2.24) is 14.9 Å². The van der Waals surface area contributed by atoms with Gasteiger partial charge in [-0.15, -0.1) is 0 Å². The summed E-state index contributed by atoms with van der Waals surface area (Å²) in [5, 5.41) is 6.61. The summed E-state index contributed by atoms with van der Waals surface area (Å²) in [7, 11) is 1.64. The van der Waals surface area contributed by atoms with E-state index in [1.165, 1.54) is 0 Å². The third-order valence-electron chi connectivity index (χ3n) is 4.38. The van der Waals surface area contributed by atoms with Crippen molar-refractivity contribution < 1.29 is 14.3 Å². The van der Waals surface area contributed by atoms with Crippen LogP contribution in [0, 0.1) is 0 Å². The van der Waals surface area contributed by atoms with Gasteiger partial charge in [-0.3, -0.25) is 0 Å². The molecule has 1 saturated heterocycles. The number of rotatable bonds is 6. The number of ether oxygens (including phenoxy) is 2. The number of hydrogen-bond donors (Lipinski definition) is 2. The Morgan fingerprint density at radius 3 is 2.78 bits per heavy atom. The molecule has 1 amide bonds. The SMILES string of the molecule is CCOC(=O)N1CCC(Nc2nccc(Nc3ccccc3OC)n2)CC1. The molecule has 2 aromatic rings. The molecule has 0 radical (unpaired) electrons. The minimum Gasteiger partial charge on any atom is -0.495 e. The van der Waals surface area contributed by atoms with Crippen LogP contribution in [0.25, 0.3) is 0 Å². The van der Waals surface area contributed by atoms with Crippen molar-refractivity contribution in [3.05, 3.63) is 36.5 Å². The van der Waals surface area contributed by atoms with E-state index in [2.05, 4.69) is 20.6 Å². The first-order valence-electron chi connectivity index (χ1n) is 9.11. The van der Waals surface area contributed by atoms with Gasteiger partial charge in [0.05, 0.1) is 19.4 Å². The number of aromatic nitrogens is 2. The van der Waals surface area contributed by atoms with Gasteiger partial charge in [0.2, 0.25) is 5.95 Å². The molecule has 0 spiro atoms. The largest absolute Gasteiger partial charge is 0.495 e. The van der Waals surface area contributed by atoms with Gasteiger partial charge in [-0.05, 0) is 38.0 Å². The molecule has 2 N–H and O–H groups in total. The van der Waals surface area contributed by atoms with Gasteiger partial charge in [0.1, 0.15) is 11.6 Å². The summed E-state index contributed by atoms with van der Waals surface area (Å²) in [5.41, 5.74) is 0.840. The van der Waals surface area contributed by atoms with Gasteiger partial charge in [0.15, 0.2) is 0 Å². The fraction of sp³-hybridized carbons (Fsp3) is 0.421. The van der Waals surface area contributed by atoms with E-state index in [0.29, 0.717) is 31.5 Å². The number of benzene rings is 1. The van der Waals surface area contributed by atoms with Crippen molar-refractivity contribution in [2.24, 2.45) is 0 Å². The first kappa shape index (κ1) is 18.8. The molecule has 8 heteroatoms. The molecule has 0 atom stereocenters. The molecule has 3 rings (SSSR count). The highest BCUT2D eigenvalue weighted by Crippen LogP contribution is 2.26. The van der Waals surface area contributed by atoms with Crippen LogP contribution in [0.5, 0.6) is 5.75 Å². The predicted octanol–water partition coefficient (Wildman–Crippen LogP) is 3.26. The Balaban J connectivity index is 1.58. The van der Waals surface area contributed by atoms with E-state index in [0.717, 1.165) is 24.3 Å². The van der Waals surface area contributed by atoms with E-state index in [-0.39, 0.29) is 12.1 Å².